The highest BCUT2D eigenvalue weighted by Gasteiger charge is 2.19. The Labute approximate surface area is 123 Å². The topological polar surface area (TPSA) is 0 Å². The summed E-state index contributed by atoms with van der Waals surface area (Å²) in [6.07, 6.45) is 3.45. The van der Waals surface area contributed by atoms with Crippen molar-refractivity contribution in [2.24, 2.45) is 0 Å². The normalized spacial score (nSPS) is 10.9. The Morgan fingerprint density at radius 3 is 1.65 bits per heavy atom. The smallest absolute Gasteiger partial charge is 0.0202 e. The molecule has 2 aromatic carbocycles. The van der Waals surface area contributed by atoms with E-state index < -0.39 is 6.89 Å². The number of benzene rings is 2. The zero-order valence-corrected chi connectivity index (χ0v) is 13.5. The van der Waals surface area contributed by atoms with Gasteiger partial charge in [0.25, 0.3) is 0 Å². The lowest BCUT2D eigenvalue weighted by molar-refractivity contribution is 1.41. The number of allylic oxidation sites excluding steroid dienone is 2. The van der Waals surface area contributed by atoms with E-state index in [9.17, 15) is 0 Å². The zero-order chi connectivity index (χ0) is 14.4. The summed E-state index contributed by atoms with van der Waals surface area (Å²) < 4.78 is 0. The molecule has 0 fully saturated rings. The molecule has 0 amide bonds. The van der Waals surface area contributed by atoms with Gasteiger partial charge in [-0.15, -0.1) is 0 Å². The molecule has 0 aliphatic heterocycles. The molecule has 0 spiro atoms. The Bertz CT molecular complexity index is 574. The summed E-state index contributed by atoms with van der Waals surface area (Å²) in [5, 5.41) is 2.93. The van der Waals surface area contributed by atoms with Crippen LogP contribution in [0.5, 0.6) is 0 Å². The molecule has 104 valence electrons. The van der Waals surface area contributed by atoms with Gasteiger partial charge >= 0.3 is 0 Å². The largest absolute Gasteiger partial charge is 0.0764 e. The molecule has 0 radical (unpaired) electrons. The van der Waals surface area contributed by atoms with E-state index in [-0.39, 0.29) is 0 Å². The molecular formula is C19H23P. The van der Waals surface area contributed by atoms with Gasteiger partial charge in [0.2, 0.25) is 0 Å². The molecule has 0 heterocycles. The van der Waals surface area contributed by atoms with Crippen LogP contribution in [-0.2, 0) is 0 Å². The van der Waals surface area contributed by atoms with E-state index in [1.54, 1.807) is 0 Å². The fraction of sp³-hybridized carbons (Fsp3) is 0.211. The van der Waals surface area contributed by atoms with E-state index in [1.807, 2.05) is 0 Å². The lowest BCUT2D eigenvalue weighted by atomic mass is 10.3. The van der Waals surface area contributed by atoms with Gasteiger partial charge in [-0.3, -0.25) is 0 Å². The van der Waals surface area contributed by atoms with E-state index >= 15 is 0 Å². The van der Waals surface area contributed by atoms with E-state index in [0.717, 1.165) is 6.16 Å². The number of hydrogen-bond acceptors (Lipinski definition) is 0. The molecule has 0 unspecified atom stereocenters. The van der Waals surface area contributed by atoms with Crippen molar-refractivity contribution in [1.29, 1.82) is 0 Å². The van der Waals surface area contributed by atoms with Crippen LogP contribution in [0.4, 0.5) is 0 Å². The van der Waals surface area contributed by atoms with Crippen molar-refractivity contribution < 1.29 is 0 Å². The minimum absolute atomic E-state index is 1.16. The van der Waals surface area contributed by atoms with Crippen LogP contribution >= 0.6 is 6.89 Å². The van der Waals surface area contributed by atoms with Crippen LogP contribution in [0.15, 0.2) is 72.3 Å². The molecule has 0 atom stereocenters. The average molecular weight is 282 g/mol. The molecule has 2 aromatic rings. The van der Waals surface area contributed by atoms with Crippen LogP contribution in [0, 0.1) is 0 Å². The molecule has 0 saturated carbocycles. The Balaban J connectivity index is 2.72. The van der Waals surface area contributed by atoms with Gasteiger partial charge in [0.05, 0.1) is 0 Å². The minimum Gasteiger partial charge on any atom is -0.0764 e. The first kappa shape index (κ1) is 14.9. The van der Waals surface area contributed by atoms with Crippen molar-refractivity contribution >= 4 is 23.3 Å². The molecule has 0 N–H and O–H groups in total. The molecule has 0 saturated heterocycles. The van der Waals surface area contributed by atoms with Crippen LogP contribution in [0.1, 0.15) is 20.8 Å². The third-order valence-corrected chi connectivity index (χ3v) is 7.69. The summed E-state index contributed by atoms with van der Waals surface area (Å²) in [6, 6.07) is 21.9. The van der Waals surface area contributed by atoms with Gasteiger partial charge < -0.3 is 0 Å². The highest BCUT2D eigenvalue weighted by molar-refractivity contribution is 7.88. The van der Waals surface area contributed by atoms with Crippen LogP contribution in [0.25, 0.3) is 0 Å². The standard InChI is InChI=1S/C19H23P/c1-4-20(16-15-17(2)3,18-11-7-5-8-12-18)19-13-9-6-10-14-19/h5-16H,4H2,1-3H3. The third-order valence-electron chi connectivity index (χ3n) is 3.60. The quantitative estimate of drug-likeness (QED) is 0.727. The lowest BCUT2D eigenvalue weighted by Crippen LogP contribution is -2.19. The molecule has 0 bridgehead atoms. The monoisotopic (exact) mass is 282 g/mol. The summed E-state index contributed by atoms with van der Waals surface area (Å²) >= 11 is 0. The third kappa shape index (κ3) is 3.14. The maximum Gasteiger partial charge on any atom is -0.0202 e. The second kappa shape index (κ2) is 6.77. The molecule has 2 rings (SSSR count). The van der Waals surface area contributed by atoms with E-state index in [4.69, 9.17) is 0 Å². The van der Waals surface area contributed by atoms with E-state index in [2.05, 4.69) is 93.3 Å². The Morgan fingerprint density at radius 2 is 1.30 bits per heavy atom. The predicted octanol–water partition coefficient (Wildman–Crippen LogP) is 4.44. The average Bonchev–Trinajstić information content (AvgIpc) is 2.50. The second-order valence-electron chi connectivity index (χ2n) is 5.25. The Morgan fingerprint density at radius 1 is 0.850 bits per heavy atom. The van der Waals surface area contributed by atoms with Crippen molar-refractivity contribution in [3.05, 3.63) is 72.3 Å². The zero-order valence-electron chi connectivity index (χ0n) is 12.6. The van der Waals surface area contributed by atoms with Crippen molar-refractivity contribution in [2.45, 2.75) is 20.8 Å². The maximum atomic E-state index is 2.47. The van der Waals surface area contributed by atoms with Crippen LogP contribution in [0.3, 0.4) is 0 Å². The van der Waals surface area contributed by atoms with E-state index in [1.165, 1.54) is 16.2 Å². The summed E-state index contributed by atoms with van der Waals surface area (Å²) in [5.74, 6) is 2.47. The van der Waals surface area contributed by atoms with Crippen LogP contribution in [0.2, 0.25) is 0 Å². The molecule has 0 aliphatic rings. The SMILES string of the molecule is CCP(=CC=C(C)C)(c1ccccc1)c1ccccc1. The first-order valence-corrected chi connectivity index (χ1v) is 9.22. The number of hydrogen-bond donors (Lipinski definition) is 0. The molecular weight excluding hydrogens is 259 g/mol. The fourth-order valence-electron chi connectivity index (χ4n) is 2.46. The fourth-order valence-corrected chi connectivity index (χ4v) is 6.00. The lowest BCUT2D eigenvalue weighted by Gasteiger charge is -2.26. The first-order chi connectivity index (χ1) is 9.69. The van der Waals surface area contributed by atoms with Gasteiger partial charge in [-0.2, -0.15) is 0 Å². The summed E-state index contributed by atoms with van der Waals surface area (Å²) in [7, 11) is 0. The summed E-state index contributed by atoms with van der Waals surface area (Å²) in [6.45, 7) is 5.20. The van der Waals surface area contributed by atoms with Crippen LogP contribution in [-0.4, -0.2) is 12.0 Å². The van der Waals surface area contributed by atoms with Gasteiger partial charge in [-0.25, -0.2) is 0 Å². The molecule has 0 aromatic heterocycles. The molecule has 0 nitrogen and oxygen atoms in total. The van der Waals surface area contributed by atoms with Gasteiger partial charge in [0.1, 0.15) is 0 Å². The highest BCUT2D eigenvalue weighted by Crippen LogP contribution is 2.44. The summed E-state index contributed by atoms with van der Waals surface area (Å²) in [5.41, 5.74) is 1.36. The summed E-state index contributed by atoms with van der Waals surface area (Å²) in [4.78, 5) is 0. The van der Waals surface area contributed by atoms with Crippen molar-refractivity contribution in [3.8, 4) is 0 Å². The van der Waals surface area contributed by atoms with Crippen LogP contribution < -0.4 is 10.6 Å². The maximum absolute atomic E-state index is 2.47. The minimum atomic E-state index is -1.44. The highest BCUT2D eigenvalue weighted by atomic mass is 31.2. The van der Waals surface area contributed by atoms with Gasteiger partial charge in [-0.1, -0.05) is 91.9 Å². The molecule has 20 heavy (non-hydrogen) atoms. The second-order valence-corrected chi connectivity index (χ2v) is 8.95. The van der Waals surface area contributed by atoms with Crippen molar-refractivity contribution in [3.63, 3.8) is 0 Å². The predicted molar refractivity (Wildman–Crippen MR) is 95.1 cm³/mol. The van der Waals surface area contributed by atoms with Gasteiger partial charge in [0.15, 0.2) is 0 Å². The van der Waals surface area contributed by atoms with Crippen molar-refractivity contribution in [2.75, 3.05) is 6.16 Å². The first-order valence-electron chi connectivity index (χ1n) is 7.17. The van der Waals surface area contributed by atoms with Crippen molar-refractivity contribution in [1.82, 2.24) is 0 Å². The molecule has 1 heteroatoms. The number of rotatable bonds is 4. The van der Waals surface area contributed by atoms with Gasteiger partial charge in [-0.05, 0) is 30.6 Å². The Kier molecular flexibility index (Phi) is 5.04. The molecule has 0 aliphatic carbocycles. The Hall–Kier alpha value is -1.52. The van der Waals surface area contributed by atoms with Gasteiger partial charge in [0, 0.05) is 0 Å². The van der Waals surface area contributed by atoms with E-state index in [0.29, 0.717) is 0 Å².